The van der Waals surface area contributed by atoms with Crippen molar-refractivity contribution in [2.45, 2.75) is 38.9 Å². The number of nitrogens with one attached hydrogen (secondary N) is 2. The van der Waals surface area contributed by atoms with Gasteiger partial charge in [-0.25, -0.2) is 0 Å². The zero-order chi connectivity index (χ0) is 19.9. The zero-order valence-corrected chi connectivity index (χ0v) is 15.8. The van der Waals surface area contributed by atoms with Gasteiger partial charge in [0.2, 0.25) is 0 Å². The van der Waals surface area contributed by atoms with Crippen molar-refractivity contribution >= 4 is 5.96 Å². The van der Waals surface area contributed by atoms with Gasteiger partial charge < -0.3 is 10.6 Å². The van der Waals surface area contributed by atoms with Crippen molar-refractivity contribution in [3.8, 4) is 0 Å². The van der Waals surface area contributed by atoms with Crippen molar-refractivity contribution in [1.29, 1.82) is 0 Å². The number of nitrogens with zero attached hydrogens (tertiary/aromatic N) is 3. The standard InChI is InChI=1S/C19H26F3N5/c1-14-12-26-27(13-14)10-9-25-18(23-3)24-8-7-15(2)16-5-4-6-17(11-16)19(20,21)22/h4-6,11-13,15H,7-10H2,1-3H3,(H2,23,24,25). The molecule has 0 aliphatic rings. The lowest BCUT2D eigenvalue weighted by Gasteiger charge is -2.16. The van der Waals surface area contributed by atoms with Gasteiger partial charge >= 0.3 is 6.18 Å². The summed E-state index contributed by atoms with van der Waals surface area (Å²) in [7, 11) is 1.68. The van der Waals surface area contributed by atoms with Crippen molar-refractivity contribution in [2.75, 3.05) is 20.1 Å². The smallest absolute Gasteiger partial charge is 0.356 e. The highest BCUT2D eigenvalue weighted by Gasteiger charge is 2.30. The molecule has 27 heavy (non-hydrogen) atoms. The van der Waals surface area contributed by atoms with Crippen LogP contribution in [0.4, 0.5) is 13.2 Å². The van der Waals surface area contributed by atoms with Gasteiger partial charge in [0.1, 0.15) is 0 Å². The molecule has 2 rings (SSSR count). The van der Waals surface area contributed by atoms with E-state index in [0.717, 1.165) is 18.2 Å². The third-order valence-electron chi connectivity index (χ3n) is 4.27. The largest absolute Gasteiger partial charge is 0.416 e. The maximum absolute atomic E-state index is 12.8. The predicted molar refractivity (Wildman–Crippen MR) is 101 cm³/mol. The Hall–Kier alpha value is -2.51. The van der Waals surface area contributed by atoms with E-state index in [1.807, 2.05) is 30.9 Å². The number of hydrogen-bond acceptors (Lipinski definition) is 2. The maximum atomic E-state index is 12.8. The summed E-state index contributed by atoms with van der Waals surface area (Å²) in [6.07, 6.45) is 0.157. The van der Waals surface area contributed by atoms with Gasteiger partial charge in [-0.3, -0.25) is 9.67 Å². The van der Waals surface area contributed by atoms with Crippen LogP contribution in [-0.2, 0) is 12.7 Å². The fraction of sp³-hybridized carbons (Fsp3) is 0.474. The molecular weight excluding hydrogens is 355 g/mol. The zero-order valence-electron chi connectivity index (χ0n) is 15.8. The highest BCUT2D eigenvalue weighted by molar-refractivity contribution is 5.79. The molecule has 0 spiro atoms. The molecule has 0 saturated heterocycles. The SMILES string of the molecule is CN=C(NCCC(C)c1cccc(C(F)(F)F)c1)NCCn1cc(C)cn1. The Bertz CT molecular complexity index is 752. The van der Waals surface area contributed by atoms with Crippen LogP contribution in [0.5, 0.6) is 0 Å². The predicted octanol–water partition coefficient (Wildman–Crippen LogP) is 3.57. The summed E-state index contributed by atoms with van der Waals surface area (Å²) >= 11 is 0. The lowest BCUT2D eigenvalue weighted by Crippen LogP contribution is -2.39. The van der Waals surface area contributed by atoms with Gasteiger partial charge in [-0.15, -0.1) is 0 Å². The first-order valence-corrected chi connectivity index (χ1v) is 8.90. The van der Waals surface area contributed by atoms with Crippen molar-refractivity contribution in [3.63, 3.8) is 0 Å². The molecule has 5 nitrogen and oxygen atoms in total. The Morgan fingerprint density at radius 2 is 2.00 bits per heavy atom. The Labute approximate surface area is 157 Å². The molecule has 1 heterocycles. The van der Waals surface area contributed by atoms with Gasteiger partial charge in [0.15, 0.2) is 5.96 Å². The summed E-state index contributed by atoms with van der Waals surface area (Å²) in [6.45, 7) is 5.91. The fourth-order valence-electron chi connectivity index (χ4n) is 2.69. The van der Waals surface area contributed by atoms with Gasteiger partial charge in [0.05, 0.1) is 18.3 Å². The Balaban J connectivity index is 1.76. The highest BCUT2D eigenvalue weighted by Crippen LogP contribution is 2.31. The first-order valence-electron chi connectivity index (χ1n) is 8.90. The molecule has 0 saturated carbocycles. The molecule has 0 fully saturated rings. The molecule has 8 heteroatoms. The third kappa shape index (κ3) is 6.62. The first kappa shape index (κ1) is 20.8. The van der Waals surface area contributed by atoms with Gasteiger partial charge in [-0.05, 0) is 36.5 Å². The number of rotatable bonds is 7. The molecule has 1 atom stereocenters. The van der Waals surface area contributed by atoms with Crippen LogP contribution in [-0.4, -0.2) is 35.9 Å². The highest BCUT2D eigenvalue weighted by atomic mass is 19.4. The third-order valence-corrected chi connectivity index (χ3v) is 4.27. The number of aliphatic imine (C=N–C) groups is 1. The molecule has 0 amide bonds. The van der Waals surface area contributed by atoms with Crippen molar-refractivity contribution in [3.05, 3.63) is 53.3 Å². The molecule has 1 aromatic carbocycles. The molecule has 148 valence electrons. The van der Waals surface area contributed by atoms with E-state index in [4.69, 9.17) is 0 Å². The van der Waals surface area contributed by atoms with Crippen LogP contribution in [0.2, 0.25) is 0 Å². The van der Waals surface area contributed by atoms with Crippen molar-refractivity contribution in [2.24, 2.45) is 4.99 Å². The summed E-state index contributed by atoms with van der Waals surface area (Å²) in [6, 6.07) is 5.52. The average molecular weight is 381 g/mol. The minimum absolute atomic E-state index is 0.00459. The van der Waals surface area contributed by atoms with Crippen LogP contribution < -0.4 is 10.6 Å². The van der Waals surface area contributed by atoms with Gasteiger partial charge in [0, 0.05) is 26.3 Å². The molecule has 2 aromatic rings. The molecule has 0 radical (unpaired) electrons. The summed E-state index contributed by atoms with van der Waals surface area (Å²) in [4.78, 5) is 4.16. The van der Waals surface area contributed by atoms with Crippen molar-refractivity contribution in [1.82, 2.24) is 20.4 Å². The Kier molecular flexibility index (Phi) is 7.27. The van der Waals surface area contributed by atoms with Crippen LogP contribution >= 0.6 is 0 Å². The number of halogens is 3. The van der Waals surface area contributed by atoms with E-state index in [9.17, 15) is 13.2 Å². The van der Waals surface area contributed by atoms with Crippen LogP contribution in [0.15, 0.2) is 41.7 Å². The second kappa shape index (κ2) is 9.43. The molecule has 2 N–H and O–H groups in total. The lowest BCUT2D eigenvalue weighted by atomic mass is 9.96. The summed E-state index contributed by atoms with van der Waals surface area (Å²) in [5, 5.41) is 10.6. The Morgan fingerprint density at radius 3 is 2.63 bits per heavy atom. The van der Waals surface area contributed by atoms with E-state index >= 15 is 0 Å². The number of aryl methyl sites for hydroxylation is 1. The van der Waals surface area contributed by atoms with E-state index in [2.05, 4.69) is 20.7 Å². The molecular formula is C19H26F3N5. The minimum atomic E-state index is -4.31. The van der Waals surface area contributed by atoms with E-state index in [-0.39, 0.29) is 5.92 Å². The topological polar surface area (TPSA) is 54.2 Å². The number of benzene rings is 1. The molecule has 1 unspecified atom stereocenters. The molecule has 0 aliphatic heterocycles. The number of alkyl halides is 3. The van der Waals surface area contributed by atoms with E-state index in [0.29, 0.717) is 31.0 Å². The van der Waals surface area contributed by atoms with Crippen LogP contribution in [0.1, 0.15) is 36.0 Å². The molecule has 1 aromatic heterocycles. The number of hydrogen-bond donors (Lipinski definition) is 2. The molecule has 0 aliphatic carbocycles. The number of aromatic nitrogens is 2. The van der Waals surface area contributed by atoms with Crippen LogP contribution in [0, 0.1) is 6.92 Å². The van der Waals surface area contributed by atoms with Gasteiger partial charge in [0.25, 0.3) is 0 Å². The normalized spacial score (nSPS) is 13.5. The second-order valence-electron chi connectivity index (χ2n) is 6.52. The second-order valence-corrected chi connectivity index (χ2v) is 6.52. The summed E-state index contributed by atoms with van der Waals surface area (Å²) in [5.41, 5.74) is 1.19. The maximum Gasteiger partial charge on any atom is 0.416 e. The average Bonchev–Trinajstić information content (AvgIpc) is 3.04. The number of guanidine groups is 1. The van der Waals surface area contributed by atoms with E-state index < -0.39 is 11.7 Å². The Morgan fingerprint density at radius 1 is 1.26 bits per heavy atom. The van der Waals surface area contributed by atoms with Gasteiger partial charge in [-0.2, -0.15) is 18.3 Å². The van der Waals surface area contributed by atoms with Crippen LogP contribution in [0.25, 0.3) is 0 Å². The first-order chi connectivity index (χ1) is 12.8. The van der Waals surface area contributed by atoms with E-state index in [1.165, 1.54) is 12.1 Å². The monoisotopic (exact) mass is 381 g/mol. The fourth-order valence-corrected chi connectivity index (χ4v) is 2.69. The van der Waals surface area contributed by atoms with E-state index in [1.54, 1.807) is 13.1 Å². The summed E-state index contributed by atoms with van der Waals surface area (Å²) in [5.74, 6) is 0.667. The minimum Gasteiger partial charge on any atom is -0.356 e. The van der Waals surface area contributed by atoms with Gasteiger partial charge in [-0.1, -0.05) is 25.1 Å². The lowest BCUT2D eigenvalue weighted by molar-refractivity contribution is -0.137. The molecule has 0 bridgehead atoms. The summed E-state index contributed by atoms with van der Waals surface area (Å²) < 4.78 is 40.4. The van der Waals surface area contributed by atoms with Crippen molar-refractivity contribution < 1.29 is 13.2 Å². The quantitative estimate of drug-likeness (QED) is 0.570. The van der Waals surface area contributed by atoms with Crippen LogP contribution in [0.3, 0.4) is 0 Å².